The van der Waals surface area contributed by atoms with Crippen molar-refractivity contribution in [2.75, 3.05) is 0 Å². The normalized spacial score (nSPS) is 11.9. The van der Waals surface area contributed by atoms with Gasteiger partial charge in [-0.3, -0.25) is 0 Å². The lowest BCUT2D eigenvalue weighted by Crippen LogP contribution is -1.94. The molecule has 0 amide bonds. The molecule has 0 spiro atoms. The van der Waals surface area contributed by atoms with Gasteiger partial charge in [0, 0.05) is 10.8 Å². The summed E-state index contributed by atoms with van der Waals surface area (Å²) in [5.74, 6) is 0. The first kappa shape index (κ1) is 28.2. The van der Waals surface area contributed by atoms with Crippen LogP contribution in [0.2, 0.25) is 0 Å². The van der Waals surface area contributed by atoms with Crippen LogP contribution >= 0.6 is 0 Å². The topological polar surface area (TPSA) is 13.1 Å². The van der Waals surface area contributed by atoms with Crippen molar-refractivity contribution in [1.29, 1.82) is 0 Å². The van der Waals surface area contributed by atoms with Crippen molar-refractivity contribution < 1.29 is 4.42 Å². The third-order valence-corrected chi connectivity index (χ3v) is 10.8. The van der Waals surface area contributed by atoms with E-state index >= 15 is 0 Å². The Labute approximate surface area is 294 Å². The van der Waals surface area contributed by atoms with Crippen molar-refractivity contribution in [2.45, 2.75) is 0 Å². The highest BCUT2D eigenvalue weighted by atomic mass is 16.3. The zero-order chi connectivity index (χ0) is 33.5. The first-order chi connectivity index (χ1) is 25.3. The minimum atomic E-state index is 0.908. The van der Waals surface area contributed by atoms with Crippen LogP contribution in [0, 0.1) is 0 Å². The Bertz CT molecular complexity index is 3070. The molecule has 0 fully saturated rings. The maximum atomic E-state index is 6.43. The van der Waals surface area contributed by atoms with E-state index in [4.69, 9.17) is 4.42 Å². The molecule has 0 saturated carbocycles. The maximum absolute atomic E-state index is 6.43. The van der Waals surface area contributed by atoms with E-state index in [0.29, 0.717) is 0 Å². The highest BCUT2D eigenvalue weighted by molar-refractivity contribution is 6.30. The van der Waals surface area contributed by atoms with Crippen LogP contribution in [0.3, 0.4) is 0 Å². The molecule has 0 radical (unpaired) electrons. The molecule has 236 valence electrons. The van der Waals surface area contributed by atoms with E-state index < -0.39 is 0 Å². The van der Waals surface area contributed by atoms with Gasteiger partial charge >= 0.3 is 0 Å². The number of benzene rings is 10. The molecule has 11 aromatic rings. The van der Waals surface area contributed by atoms with Crippen LogP contribution in [0.4, 0.5) is 0 Å². The van der Waals surface area contributed by atoms with Gasteiger partial charge in [-0.25, -0.2) is 0 Å². The lowest BCUT2D eigenvalue weighted by molar-refractivity contribution is 0.669. The Hall–Kier alpha value is -6.70. The van der Waals surface area contributed by atoms with Gasteiger partial charge in [0.1, 0.15) is 11.2 Å². The Balaban J connectivity index is 1.26. The van der Waals surface area contributed by atoms with Gasteiger partial charge in [-0.05, 0) is 112 Å². The number of hydrogen-bond donors (Lipinski definition) is 0. The van der Waals surface area contributed by atoms with Crippen molar-refractivity contribution in [3.05, 3.63) is 182 Å². The molecule has 1 aromatic heterocycles. The fourth-order valence-electron chi connectivity index (χ4n) is 8.64. The molecule has 1 nitrogen and oxygen atoms in total. The van der Waals surface area contributed by atoms with Crippen molar-refractivity contribution in [3.63, 3.8) is 0 Å². The highest BCUT2D eigenvalue weighted by Crippen LogP contribution is 2.50. The van der Waals surface area contributed by atoms with Crippen LogP contribution in [-0.2, 0) is 0 Å². The summed E-state index contributed by atoms with van der Waals surface area (Å²) in [6.45, 7) is 0. The second-order valence-corrected chi connectivity index (χ2v) is 13.6. The molecule has 0 aliphatic carbocycles. The van der Waals surface area contributed by atoms with Crippen molar-refractivity contribution in [3.8, 4) is 33.4 Å². The van der Waals surface area contributed by atoms with E-state index in [0.717, 1.165) is 21.9 Å². The van der Waals surface area contributed by atoms with E-state index in [1.54, 1.807) is 0 Å². The minimum absolute atomic E-state index is 0.908. The predicted molar refractivity (Wildman–Crippen MR) is 218 cm³/mol. The van der Waals surface area contributed by atoms with Crippen LogP contribution in [0.15, 0.2) is 186 Å². The summed E-state index contributed by atoms with van der Waals surface area (Å²) in [5, 5.41) is 14.7. The summed E-state index contributed by atoms with van der Waals surface area (Å²) in [7, 11) is 0. The molecule has 11 rings (SSSR count). The van der Waals surface area contributed by atoms with Gasteiger partial charge in [0.2, 0.25) is 0 Å². The van der Waals surface area contributed by atoms with Gasteiger partial charge in [0.05, 0.1) is 0 Å². The van der Waals surface area contributed by atoms with Crippen LogP contribution in [0.1, 0.15) is 0 Å². The maximum Gasteiger partial charge on any atom is 0.136 e. The molecule has 0 aliphatic heterocycles. The van der Waals surface area contributed by atoms with Crippen molar-refractivity contribution in [2.24, 2.45) is 0 Å². The predicted octanol–water partition coefficient (Wildman–Crippen LogP) is 14.4. The van der Waals surface area contributed by atoms with E-state index in [9.17, 15) is 0 Å². The second kappa shape index (κ2) is 10.9. The molecule has 51 heavy (non-hydrogen) atoms. The molecule has 1 heterocycles. The lowest BCUT2D eigenvalue weighted by Gasteiger charge is -2.22. The number of fused-ring (bicyclic) bond motifs is 8. The Morgan fingerprint density at radius 2 is 0.627 bits per heavy atom. The van der Waals surface area contributed by atoms with Crippen LogP contribution in [-0.4, -0.2) is 0 Å². The SMILES string of the molecule is c1ccc(-c2c3ccccc3c(-c3c4ccccc4c(-c4ccc5oc6cc7ccccc7cc6c5c4)c4ccccc34)c3ccccc23)cc1. The summed E-state index contributed by atoms with van der Waals surface area (Å²) < 4.78 is 6.43. The molecule has 0 N–H and O–H groups in total. The standard InChI is InChI=1S/C50H30O/c1-2-14-31(15-3-1)47-35-18-6-10-22-39(35)49(40-23-11-7-19-36(40)47)50-41-24-12-8-20-37(41)48(38-21-9-13-25-42(38)50)34-26-27-45-43(29-34)44-28-32-16-4-5-17-33(32)30-46(44)51-45/h1-30H. The van der Waals surface area contributed by atoms with Gasteiger partial charge < -0.3 is 4.42 Å². The van der Waals surface area contributed by atoms with Crippen LogP contribution in [0.25, 0.3) is 109 Å². The molecule has 10 aromatic carbocycles. The molecule has 0 aliphatic rings. The quantitative estimate of drug-likeness (QED) is 0.174. The molecule has 0 bridgehead atoms. The molecule has 0 atom stereocenters. The average molecular weight is 647 g/mol. The van der Waals surface area contributed by atoms with Crippen LogP contribution in [0.5, 0.6) is 0 Å². The summed E-state index contributed by atoms with van der Waals surface area (Å²) in [6.07, 6.45) is 0. The van der Waals surface area contributed by atoms with Gasteiger partial charge in [-0.1, -0.05) is 158 Å². The first-order valence-electron chi connectivity index (χ1n) is 17.6. The summed E-state index contributed by atoms with van der Waals surface area (Å²) >= 11 is 0. The Morgan fingerprint density at radius 3 is 1.14 bits per heavy atom. The van der Waals surface area contributed by atoms with Gasteiger partial charge in [0.15, 0.2) is 0 Å². The number of rotatable bonds is 3. The Kier molecular flexibility index (Phi) is 6.02. The average Bonchev–Trinajstić information content (AvgIpc) is 3.55. The molecule has 0 saturated heterocycles. The number of furan rings is 1. The molecular formula is C50H30O. The van der Waals surface area contributed by atoms with E-state index in [-0.39, 0.29) is 0 Å². The fraction of sp³-hybridized carbons (Fsp3) is 0. The highest BCUT2D eigenvalue weighted by Gasteiger charge is 2.22. The van der Waals surface area contributed by atoms with Gasteiger partial charge in [-0.2, -0.15) is 0 Å². The third kappa shape index (κ3) is 4.16. The monoisotopic (exact) mass is 646 g/mol. The molecular weight excluding hydrogens is 617 g/mol. The van der Waals surface area contributed by atoms with Crippen molar-refractivity contribution >= 4 is 75.8 Å². The van der Waals surface area contributed by atoms with Crippen molar-refractivity contribution in [1.82, 2.24) is 0 Å². The largest absolute Gasteiger partial charge is 0.456 e. The first-order valence-corrected chi connectivity index (χ1v) is 17.6. The van der Waals surface area contributed by atoms with Gasteiger partial charge in [0.25, 0.3) is 0 Å². The summed E-state index contributed by atoms with van der Waals surface area (Å²) in [4.78, 5) is 0. The molecule has 1 heteroatoms. The van der Waals surface area contributed by atoms with E-state index in [1.165, 1.54) is 87.2 Å². The lowest BCUT2D eigenvalue weighted by atomic mass is 9.81. The minimum Gasteiger partial charge on any atom is -0.456 e. The second-order valence-electron chi connectivity index (χ2n) is 13.6. The van der Waals surface area contributed by atoms with Gasteiger partial charge in [-0.15, -0.1) is 0 Å². The third-order valence-electron chi connectivity index (χ3n) is 10.8. The Morgan fingerprint density at radius 1 is 0.235 bits per heavy atom. The van der Waals surface area contributed by atoms with E-state index in [1.807, 2.05) is 0 Å². The fourth-order valence-corrected chi connectivity index (χ4v) is 8.64. The zero-order valence-corrected chi connectivity index (χ0v) is 27.7. The van der Waals surface area contributed by atoms with E-state index in [2.05, 4.69) is 182 Å². The smallest absolute Gasteiger partial charge is 0.136 e. The summed E-state index contributed by atoms with van der Waals surface area (Å²) in [6, 6.07) is 66.4. The molecule has 0 unspecified atom stereocenters. The zero-order valence-electron chi connectivity index (χ0n) is 27.7. The van der Waals surface area contributed by atoms with Crippen LogP contribution < -0.4 is 0 Å². The number of hydrogen-bond acceptors (Lipinski definition) is 1. The summed E-state index contributed by atoms with van der Waals surface area (Å²) in [5.41, 5.74) is 9.33.